The highest BCUT2D eigenvalue weighted by molar-refractivity contribution is 7.84. The fourth-order valence-electron chi connectivity index (χ4n) is 1.95. The molecule has 0 saturated heterocycles. The second kappa shape index (κ2) is 10.5. The van der Waals surface area contributed by atoms with Crippen molar-refractivity contribution < 1.29 is 9.32 Å². The topological polar surface area (TPSA) is 49.3 Å². The van der Waals surface area contributed by atoms with Gasteiger partial charge in [0, 0.05) is 6.04 Å². The first-order valence-electron chi connectivity index (χ1n) is 7.78. The van der Waals surface area contributed by atoms with E-state index in [2.05, 4.69) is 18.2 Å². The Kier molecular flexibility index (Phi) is 10.4. The van der Waals surface area contributed by atoms with Crippen molar-refractivity contribution in [1.29, 1.82) is 0 Å². The average molecular weight is 304 g/mol. The smallest absolute Gasteiger partial charge is 0.0972 e. The Labute approximate surface area is 127 Å². The Morgan fingerprint density at radius 3 is 2.45 bits per heavy atom. The number of allylic oxidation sites excluding steroid dienone is 1. The van der Waals surface area contributed by atoms with Gasteiger partial charge in [-0.1, -0.05) is 32.3 Å². The monoisotopic (exact) mass is 303 g/mol. The van der Waals surface area contributed by atoms with Crippen molar-refractivity contribution in [3.8, 4) is 0 Å². The molecule has 2 N–H and O–H groups in total. The molecule has 0 fully saturated rings. The van der Waals surface area contributed by atoms with Gasteiger partial charge in [-0.25, -0.2) is 8.93 Å². The van der Waals surface area contributed by atoms with Crippen LogP contribution in [-0.2, 0) is 11.0 Å². The maximum Gasteiger partial charge on any atom is 0.0972 e. The molecule has 0 aliphatic carbocycles. The number of hydrogen-bond acceptors (Lipinski definition) is 2. The average Bonchev–Trinajstić information content (AvgIpc) is 2.35. The quantitative estimate of drug-likeness (QED) is 0.451. The Morgan fingerprint density at radius 2 is 1.95 bits per heavy atom. The van der Waals surface area contributed by atoms with Gasteiger partial charge in [0.25, 0.3) is 0 Å². The second-order valence-electron chi connectivity index (χ2n) is 6.45. The number of hydrogen-bond donors (Lipinski definition) is 2. The molecule has 0 aromatic carbocycles. The van der Waals surface area contributed by atoms with Gasteiger partial charge in [-0.2, -0.15) is 0 Å². The third-order valence-electron chi connectivity index (χ3n) is 3.25. The van der Waals surface area contributed by atoms with Gasteiger partial charge in [-0.05, 0) is 46.5 Å². The van der Waals surface area contributed by atoms with Gasteiger partial charge in [-0.3, -0.25) is 0 Å². The molecule has 0 rings (SSSR count). The summed E-state index contributed by atoms with van der Waals surface area (Å²) in [6.07, 6.45) is 8.21. The van der Waals surface area contributed by atoms with Gasteiger partial charge in [-0.15, -0.1) is 6.58 Å². The van der Waals surface area contributed by atoms with E-state index in [0.717, 1.165) is 32.1 Å². The van der Waals surface area contributed by atoms with Crippen LogP contribution in [0.25, 0.3) is 0 Å². The van der Waals surface area contributed by atoms with Crippen LogP contribution in [0, 0.1) is 0 Å². The lowest BCUT2D eigenvalue weighted by Gasteiger charge is -2.25. The maximum atomic E-state index is 12.2. The molecule has 0 aliphatic rings. The van der Waals surface area contributed by atoms with Crippen LogP contribution in [0.4, 0.5) is 0 Å². The first kappa shape index (κ1) is 19.8. The van der Waals surface area contributed by atoms with Crippen LogP contribution in [0.15, 0.2) is 12.7 Å². The van der Waals surface area contributed by atoms with Crippen molar-refractivity contribution in [2.45, 2.75) is 89.5 Å². The molecule has 0 heterocycles. The van der Waals surface area contributed by atoms with E-state index in [0.29, 0.717) is 6.42 Å². The Morgan fingerprint density at radius 1 is 1.30 bits per heavy atom. The van der Waals surface area contributed by atoms with Crippen molar-refractivity contribution >= 4 is 11.0 Å². The normalized spacial score (nSPS) is 16.6. The zero-order chi connectivity index (χ0) is 15.6. The van der Waals surface area contributed by atoms with Crippen molar-refractivity contribution in [3.05, 3.63) is 12.7 Å². The lowest BCUT2D eigenvalue weighted by atomic mass is 10.0. The van der Waals surface area contributed by atoms with E-state index in [1.165, 1.54) is 6.42 Å². The van der Waals surface area contributed by atoms with E-state index in [1.54, 1.807) is 0 Å². The molecule has 0 aliphatic heterocycles. The van der Waals surface area contributed by atoms with Crippen molar-refractivity contribution in [1.82, 2.24) is 4.72 Å². The van der Waals surface area contributed by atoms with Gasteiger partial charge in [0.15, 0.2) is 0 Å². The molecular formula is C16H33NO2S. The van der Waals surface area contributed by atoms with Crippen LogP contribution in [0.3, 0.4) is 0 Å². The molecule has 0 spiro atoms. The highest BCUT2D eigenvalue weighted by Gasteiger charge is 2.23. The first-order valence-corrected chi connectivity index (χ1v) is 8.93. The van der Waals surface area contributed by atoms with Crippen molar-refractivity contribution in [2.24, 2.45) is 0 Å². The van der Waals surface area contributed by atoms with Crippen LogP contribution in [0.5, 0.6) is 0 Å². The molecule has 0 radical (unpaired) electrons. The molecule has 0 saturated carbocycles. The van der Waals surface area contributed by atoms with Crippen LogP contribution < -0.4 is 4.72 Å². The minimum Gasteiger partial charge on any atom is -0.393 e. The van der Waals surface area contributed by atoms with E-state index in [9.17, 15) is 9.32 Å². The zero-order valence-corrected chi connectivity index (χ0v) is 14.5. The minimum atomic E-state index is -1.09. The molecule has 3 atom stereocenters. The predicted molar refractivity (Wildman–Crippen MR) is 89.0 cm³/mol. The molecule has 0 unspecified atom stereocenters. The predicted octanol–water partition coefficient (Wildman–Crippen LogP) is 3.70. The van der Waals surface area contributed by atoms with Gasteiger partial charge in [0.2, 0.25) is 0 Å². The molecular weight excluding hydrogens is 270 g/mol. The number of aliphatic hydroxyl groups is 1. The molecule has 3 nitrogen and oxygen atoms in total. The standard InChI is InChI=1S/C16H33NO2S/c1-6-8-10-12-15(18)13-14(11-9-7-2)17-20(19)16(3,4)5/h7,14-15,17-18H,2,6,8-13H2,1,3-5H3/t14-,15-,20-/m0/s1. The largest absolute Gasteiger partial charge is 0.393 e. The third kappa shape index (κ3) is 9.67. The van der Waals surface area contributed by atoms with Crippen molar-refractivity contribution in [3.63, 3.8) is 0 Å². The summed E-state index contributed by atoms with van der Waals surface area (Å²) in [5.74, 6) is 0. The second-order valence-corrected chi connectivity index (χ2v) is 8.45. The van der Waals surface area contributed by atoms with Crippen LogP contribution in [0.1, 0.15) is 72.6 Å². The lowest BCUT2D eigenvalue weighted by molar-refractivity contribution is 0.139. The van der Waals surface area contributed by atoms with E-state index in [4.69, 9.17) is 0 Å². The summed E-state index contributed by atoms with van der Waals surface area (Å²) in [5, 5.41) is 10.1. The molecule has 4 heteroatoms. The fourth-order valence-corrected chi connectivity index (χ4v) is 2.82. The highest BCUT2D eigenvalue weighted by Crippen LogP contribution is 2.15. The third-order valence-corrected chi connectivity index (χ3v) is 4.91. The van der Waals surface area contributed by atoms with Crippen LogP contribution >= 0.6 is 0 Å². The molecule has 0 bridgehead atoms. The molecule has 120 valence electrons. The van der Waals surface area contributed by atoms with Crippen molar-refractivity contribution in [2.75, 3.05) is 0 Å². The van der Waals surface area contributed by atoms with E-state index < -0.39 is 11.0 Å². The number of nitrogens with one attached hydrogen (secondary N) is 1. The molecule has 0 amide bonds. The Balaban J connectivity index is 4.33. The van der Waals surface area contributed by atoms with Gasteiger partial charge >= 0.3 is 0 Å². The fraction of sp³-hybridized carbons (Fsp3) is 0.875. The summed E-state index contributed by atoms with van der Waals surface area (Å²) in [7, 11) is -1.09. The van der Waals surface area contributed by atoms with Gasteiger partial charge < -0.3 is 5.11 Å². The lowest BCUT2D eigenvalue weighted by Crippen LogP contribution is -2.41. The molecule has 20 heavy (non-hydrogen) atoms. The van der Waals surface area contributed by atoms with E-state index in [1.807, 2.05) is 26.8 Å². The summed E-state index contributed by atoms with van der Waals surface area (Å²) in [5.41, 5.74) is 0. The number of rotatable bonds is 11. The van der Waals surface area contributed by atoms with E-state index in [-0.39, 0.29) is 16.9 Å². The summed E-state index contributed by atoms with van der Waals surface area (Å²) >= 11 is 0. The van der Waals surface area contributed by atoms with E-state index >= 15 is 0 Å². The van der Waals surface area contributed by atoms with Crippen LogP contribution in [-0.4, -0.2) is 26.2 Å². The highest BCUT2D eigenvalue weighted by atomic mass is 32.2. The molecule has 0 aromatic heterocycles. The number of aliphatic hydroxyl groups excluding tert-OH is 1. The van der Waals surface area contributed by atoms with Gasteiger partial charge in [0.1, 0.15) is 0 Å². The summed E-state index contributed by atoms with van der Waals surface area (Å²) in [6, 6.07) is 0.0877. The first-order chi connectivity index (χ1) is 9.31. The Hall–Kier alpha value is -0.190. The maximum absolute atomic E-state index is 12.2. The summed E-state index contributed by atoms with van der Waals surface area (Å²) in [4.78, 5) is 0. The summed E-state index contributed by atoms with van der Waals surface area (Å²) < 4.78 is 15.1. The zero-order valence-electron chi connectivity index (χ0n) is 13.7. The minimum absolute atomic E-state index is 0.0877. The number of unbranched alkanes of at least 4 members (excludes halogenated alkanes) is 2. The Bertz CT molecular complexity index is 287. The molecule has 0 aromatic rings. The SMILES string of the molecule is C=CCC[C@@H](C[C@@H](O)CCCCC)N[S@@](=O)C(C)(C)C. The van der Waals surface area contributed by atoms with Gasteiger partial charge in [0.05, 0.1) is 21.8 Å². The summed E-state index contributed by atoms with van der Waals surface area (Å²) in [6.45, 7) is 11.8. The van der Waals surface area contributed by atoms with Crippen LogP contribution in [0.2, 0.25) is 0 Å².